The van der Waals surface area contributed by atoms with Crippen LogP contribution in [0.2, 0.25) is 0 Å². The SMILES string of the molecule is CC1(C)CC(Cl)CCN(Cc2ccccc2)C1. The molecular formula is C15H22ClN. The summed E-state index contributed by atoms with van der Waals surface area (Å²) in [6, 6.07) is 10.7. The number of nitrogens with zero attached hydrogens (tertiary/aromatic N) is 1. The van der Waals surface area contributed by atoms with Crippen molar-refractivity contribution in [2.75, 3.05) is 13.1 Å². The van der Waals surface area contributed by atoms with E-state index >= 15 is 0 Å². The summed E-state index contributed by atoms with van der Waals surface area (Å²) in [4.78, 5) is 2.54. The van der Waals surface area contributed by atoms with Gasteiger partial charge in [-0.05, 0) is 30.4 Å². The summed E-state index contributed by atoms with van der Waals surface area (Å²) in [5.74, 6) is 0. The van der Waals surface area contributed by atoms with Crippen LogP contribution in [0.15, 0.2) is 30.3 Å². The first kappa shape index (κ1) is 12.9. The fraction of sp³-hybridized carbons (Fsp3) is 0.600. The number of hydrogen-bond acceptors (Lipinski definition) is 1. The van der Waals surface area contributed by atoms with Crippen molar-refractivity contribution in [2.24, 2.45) is 5.41 Å². The molecule has 0 aromatic heterocycles. The molecule has 0 saturated carbocycles. The first-order valence-corrected chi connectivity index (χ1v) is 6.89. The van der Waals surface area contributed by atoms with Crippen LogP contribution < -0.4 is 0 Å². The molecule has 0 N–H and O–H groups in total. The van der Waals surface area contributed by atoms with E-state index in [1.54, 1.807) is 0 Å². The summed E-state index contributed by atoms with van der Waals surface area (Å²) in [5.41, 5.74) is 1.73. The summed E-state index contributed by atoms with van der Waals surface area (Å²) in [6.07, 6.45) is 2.23. The fourth-order valence-corrected chi connectivity index (χ4v) is 3.27. The van der Waals surface area contributed by atoms with Gasteiger partial charge in [0.15, 0.2) is 0 Å². The molecule has 0 aliphatic carbocycles. The predicted octanol–water partition coefficient (Wildman–Crippen LogP) is 3.92. The van der Waals surface area contributed by atoms with E-state index in [9.17, 15) is 0 Å². The minimum atomic E-state index is 0.331. The Morgan fingerprint density at radius 1 is 1.29 bits per heavy atom. The van der Waals surface area contributed by atoms with E-state index < -0.39 is 0 Å². The smallest absolute Gasteiger partial charge is 0.0353 e. The second kappa shape index (κ2) is 5.41. The molecule has 17 heavy (non-hydrogen) atoms. The number of halogens is 1. The number of alkyl halides is 1. The molecule has 1 aromatic rings. The summed E-state index contributed by atoms with van der Waals surface area (Å²) in [6.45, 7) is 7.96. The number of rotatable bonds is 2. The van der Waals surface area contributed by atoms with Crippen LogP contribution in [0.4, 0.5) is 0 Å². The van der Waals surface area contributed by atoms with E-state index in [0.29, 0.717) is 10.8 Å². The molecule has 0 bridgehead atoms. The van der Waals surface area contributed by atoms with Gasteiger partial charge in [0.2, 0.25) is 0 Å². The Morgan fingerprint density at radius 3 is 2.71 bits per heavy atom. The van der Waals surface area contributed by atoms with Gasteiger partial charge in [-0.1, -0.05) is 44.2 Å². The van der Waals surface area contributed by atoms with Crippen LogP contribution in [0.25, 0.3) is 0 Å². The van der Waals surface area contributed by atoms with Crippen LogP contribution in [-0.4, -0.2) is 23.4 Å². The van der Waals surface area contributed by atoms with Crippen molar-refractivity contribution in [2.45, 2.75) is 38.6 Å². The Balaban J connectivity index is 2.01. The van der Waals surface area contributed by atoms with Crippen LogP contribution in [0.5, 0.6) is 0 Å². The molecule has 1 unspecified atom stereocenters. The Labute approximate surface area is 110 Å². The van der Waals surface area contributed by atoms with Gasteiger partial charge in [0.1, 0.15) is 0 Å². The second-order valence-electron chi connectivity index (χ2n) is 5.95. The summed E-state index contributed by atoms with van der Waals surface area (Å²) < 4.78 is 0. The van der Waals surface area contributed by atoms with Gasteiger partial charge in [-0.2, -0.15) is 0 Å². The lowest BCUT2D eigenvalue weighted by atomic mass is 9.88. The zero-order valence-corrected chi connectivity index (χ0v) is 11.6. The molecule has 2 heteroatoms. The predicted molar refractivity (Wildman–Crippen MR) is 74.4 cm³/mol. The standard InChI is InChI=1S/C15H22ClN/c1-15(2)10-14(16)8-9-17(12-15)11-13-6-4-3-5-7-13/h3-7,14H,8-12H2,1-2H3. The normalized spacial score (nSPS) is 25.5. The van der Waals surface area contributed by atoms with E-state index in [4.69, 9.17) is 11.6 Å². The third-order valence-electron chi connectivity index (χ3n) is 3.43. The van der Waals surface area contributed by atoms with Gasteiger partial charge in [0.05, 0.1) is 0 Å². The van der Waals surface area contributed by atoms with Crippen LogP contribution in [0.1, 0.15) is 32.3 Å². The highest BCUT2D eigenvalue weighted by atomic mass is 35.5. The maximum Gasteiger partial charge on any atom is 0.0353 e. The highest BCUT2D eigenvalue weighted by Gasteiger charge is 2.28. The first-order chi connectivity index (χ1) is 8.05. The molecule has 94 valence electrons. The molecule has 1 saturated heterocycles. The Morgan fingerprint density at radius 2 is 2.00 bits per heavy atom. The highest BCUT2D eigenvalue weighted by molar-refractivity contribution is 6.20. The highest BCUT2D eigenvalue weighted by Crippen LogP contribution is 2.31. The maximum absolute atomic E-state index is 6.35. The van der Waals surface area contributed by atoms with Gasteiger partial charge < -0.3 is 0 Å². The number of hydrogen-bond donors (Lipinski definition) is 0. The monoisotopic (exact) mass is 251 g/mol. The van der Waals surface area contributed by atoms with Crippen molar-refractivity contribution in [3.63, 3.8) is 0 Å². The zero-order valence-electron chi connectivity index (χ0n) is 10.8. The fourth-order valence-electron chi connectivity index (χ4n) is 2.75. The molecule has 0 radical (unpaired) electrons. The Bertz CT molecular complexity index is 347. The van der Waals surface area contributed by atoms with Gasteiger partial charge in [-0.25, -0.2) is 0 Å². The molecule has 1 aliphatic rings. The molecular weight excluding hydrogens is 230 g/mol. The van der Waals surface area contributed by atoms with E-state index in [1.165, 1.54) is 5.56 Å². The summed E-state index contributed by atoms with van der Waals surface area (Å²) in [7, 11) is 0. The van der Waals surface area contributed by atoms with E-state index in [2.05, 4.69) is 49.1 Å². The van der Waals surface area contributed by atoms with Gasteiger partial charge in [0.25, 0.3) is 0 Å². The lowest BCUT2D eigenvalue weighted by molar-refractivity contribution is 0.189. The molecule has 1 atom stereocenters. The first-order valence-electron chi connectivity index (χ1n) is 6.45. The second-order valence-corrected chi connectivity index (χ2v) is 6.57. The van der Waals surface area contributed by atoms with Gasteiger partial charge in [-0.15, -0.1) is 11.6 Å². The average molecular weight is 252 g/mol. The van der Waals surface area contributed by atoms with Crippen molar-refractivity contribution in [3.05, 3.63) is 35.9 Å². The molecule has 1 nitrogen and oxygen atoms in total. The van der Waals surface area contributed by atoms with Crippen molar-refractivity contribution in [3.8, 4) is 0 Å². The third-order valence-corrected chi connectivity index (χ3v) is 3.81. The van der Waals surface area contributed by atoms with Crippen LogP contribution in [-0.2, 0) is 6.54 Å². The van der Waals surface area contributed by atoms with Crippen molar-refractivity contribution < 1.29 is 0 Å². The molecule has 0 amide bonds. The largest absolute Gasteiger partial charge is 0.298 e. The average Bonchev–Trinajstić information content (AvgIpc) is 2.38. The summed E-state index contributed by atoms with van der Waals surface area (Å²) >= 11 is 6.35. The maximum atomic E-state index is 6.35. The van der Waals surface area contributed by atoms with Gasteiger partial charge in [0, 0.05) is 18.5 Å². The van der Waals surface area contributed by atoms with Crippen molar-refractivity contribution in [1.82, 2.24) is 4.90 Å². The van der Waals surface area contributed by atoms with Crippen molar-refractivity contribution >= 4 is 11.6 Å². The van der Waals surface area contributed by atoms with Crippen LogP contribution in [0.3, 0.4) is 0 Å². The molecule has 1 aliphatic heterocycles. The Hall–Kier alpha value is -0.530. The topological polar surface area (TPSA) is 3.24 Å². The summed E-state index contributed by atoms with van der Waals surface area (Å²) in [5, 5.41) is 0.339. The molecule has 0 spiro atoms. The van der Waals surface area contributed by atoms with E-state index in [1.807, 2.05) is 0 Å². The zero-order chi connectivity index (χ0) is 12.3. The van der Waals surface area contributed by atoms with Gasteiger partial charge >= 0.3 is 0 Å². The number of benzene rings is 1. The van der Waals surface area contributed by atoms with Crippen molar-refractivity contribution in [1.29, 1.82) is 0 Å². The quantitative estimate of drug-likeness (QED) is 0.721. The molecule has 2 rings (SSSR count). The minimum Gasteiger partial charge on any atom is -0.298 e. The Kier molecular flexibility index (Phi) is 4.11. The lowest BCUT2D eigenvalue weighted by Crippen LogP contribution is -2.32. The minimum absolute atomic E-state index is 0.331. The van der Waals surface area contributed by atoms with E-state index in [0.717, 1.165) is 32.5 Å². The number of likely N-dealkylation sites (tertiary alicyclic amines) is 1. The van der Waals surface area contributed by atoms with Crippen LogP contribution >= 0.6 is 11.6 Å². The molecule has 1 aromatic carbocycles. The third kappa shape index (κ3) is 4.01. The van der Waals surface area contributed by atoms with Gasteiger partial charge in [-0.3, -0.25) is 4.90 Å². The van der Waals surface area contributed by atoms with Crippen LogP contribution in [0, 0.1) is 5.41 Å². The van der Waals surface area contributed by atoms with E-state index in [-0.39, 0.29) is 0 Å². The lowest BCUT2D eigenvalue weighted by Gasteiger charge is -2.29. The molecule has 1 fully saturated rings. The molecule has 1 heterocycles.